The van der Waals surface area contributed by atoms with Gasteiger partial charge in [0.05, 0.1) is 0 Å². The van der Waals surface area contributed by atoms with Gasteiger partial charge in [0, 0.05) is 11.0 Å². The molecule has 0 aliphatic carbocycles. The molecule has 0 aliphatic rings. The Morgan fingerprint density at radius 2 is 2.10 bits per heavy atom. The largest absolute Gasteiger partial charge is 0.316 e. The second-order valence-electron chi connectivity index (χ2n) is 4.03. The van der Waals surface area contributed by atoms with Crippen LogP contribution in [0.4, 0.5) is 5.13 Å². The molecule has 0 aliphatic heterocycles. The zero-order chi connectivity index (χ0) is 14.8. The number of aromatic nitrogens is 2. The number of benzene rings is 1. The Hall–Kier alpha value is -1.03. The maximum absolute atomic E-state index is 12.3. The summed E-state index contributed by atoms with van der Waals surface area (Å²) in [6.07, 6.45) is 0. The lowest BCUT2D eigenvalue weighted by Gasteiger charge is -2.08. The first-order valence-corrected chi connectivity index (χ1v) is 8.77. The van der Waals surface area contributed by atoms with Crippen molar-refractivity contribution in [3.63, 3.8) is 0 Å². The van der Waals surface area contributed by atoms with Crippen LogP contribution in [0.5, 0.6) is 0 Å². The fraction of sp³-hybridized carbons (Fsp3) is 0.273. The van der Waals surface area contributed by atoms with Gasteiger partial charge in [-0.25, -0.2) is 8.42 Å². The second kappa shape index (κ2) is 6.17. The van der Waals surface area contributed by atoms with E-state index in [1.165, 1.54) is 11.3 Å². The van der Waals surface area contributed by atoms with E-state index < -0.39 is 10.0 Å². The van der Waals surface area contributed by atoms with E-state index in [-0.39, 0.29) is 10.0 Å². The predicted octanol–water partition coefficient (Wildman–Crippen LogP) is 2.13. The van der Waals surface area contributed by atoms with E-state index in [4.69, 9.17) is 0 Å². The minimum atomic E-state index is -3.67. The Labute approximate surface area is 129 Å². The summed E-state index contributed by atoms with van der Waals surface area (Å²) in [5, 5.41) is 11.5. The Balaban J connectivity index is 2.29. The van der Waals surface area contributed by atoms with Crippen molar-refractivity contribution in [2.45, 2.75) is 18.4 Å². The molecule has 0 atom stereocenters. The van der Waals surface area contributed by atoms with Crippen LogP contribution in [-0.2, 0) is 16.6 Å². The Morgan fingerprint density at radius 3 is 2.65 bits per heavy atom. The summed E-state index contributed by atoms with van der Waals surface area (Å²) >= 11 is 4.48. The summed E-state index contributed by atoms with van der Waals surface area (Å²) in [6, 6.07) is 5.10. The van der Waals surface area contributed by atoms with Gasteiger partial charge in [0.2, 0.25) is 5.13 Å². The predicted molar refractivity (Wildman–Crippen MR) is 82.4 cm³/mol. The number of rotatable bonds is 5. The molecule has 0 saturated heterocycles. The third-order valence-electron chi connectivity index (χ3n) is 2.41. The molecule has 0 amide bonds. The van der Waals surface area contributed by atoms with Gasteiger partial charge in [0.15, 0.2) is 0 Å². The fourth-order valence-corrected chi connectivity index (χ4v) is 4.53. The lowest BCUT2D eigenvalue weighted by Crippen LogP contribution is -2.14. The SMILES string of the molecule is CNCc1ccc(S(=O)(=O)Nc2nnc(C)s2)c(Br)c1. The topological polar surface area (TPSA) is 84.0 Å². The third-order valence-corrected chi connectivity index (χ3v) is 5.61. The number of nitrogens with one attached hydrogen (secondary N) is 2. The molecule has 1 aromatic heterocycles. The third kappa shape index (κ3) is 3.54. The second-order valence-corrected chi connectivity index (χ2v) is 7.71. The molecular formula is C11H13BrN4O2S2. The lowest BCUT2D eigenvalue weighted by molar-refractivity contribution is 0.600. The minimum Gasteiger partial charge on any atom is -0.316 e. The molecule has 0 saturated carbocycles. The number of hydrogen-bond donors (Lipinski definition) is 2. The van der Waals surface area contributed by atoms with Crippen molar-refractivity contribution < 1.29 is 8.42 Å². The van der Waals surface area contributed by atoms with E-state index in [0.717, 1.165) is 5.56 Å². The van der Waals surface area contributed by atoms with Gasteiger partial charge in [-0.1, -0.05) is 17.4 Å². The van der Waals surface area contributed by atoms with Crippen LogP contribution in [0.15, 0.2) is 27.6 Å². The van der Waals surface area contributed by atoms with Gasteiger partial charge < -0.3 is 5.32 Å². The maximum atomic E-state index is 12.3. The van der Waals surface area contributed by atoms with Gasteiger partial charge in [0.1, 0.15) is 9.90 Å². The average molecular weight is 377 g/mol. The number of aryl methyl sites for hydroxylation is 1. The number of hydrogen-bond acceptors (Lipinski definition) is 6. The number of anilines is 1. The normalized spacial score (nSPS) is 11.6. The van der Waals surface area contributed by atoms with E-state index in [9.17, 15) is 8.42 Å². The van der Waals surface area contributed by atoms with E-state index in [1.807, 2.05) is 7.05 Å². The van der Waals surface area contributed by atoms with Crippen molar-refractivity contribution in [3.05, 3.63) is 33.2 Å². The van der Waals surface area contributed by atoms with Crippen LogP contribution in [0.2, 0.25) is 0 Å². The first-order chi connectivity index (χ1) is 9.42. The minimum absolute atomic E-state index is 0.171. The van der Waals surface area contributed by atoms with Crippen LogP contribution < -0.4 is 10.0 Å². The van der Waals surface area contributed by atoms with Gasteiger partial charge in [0.25, 0.3) is 10.0 Å². The summed E-state index contributed by atoms with van der Waals surface area (Å²) in [4.78, 5) is 0.171. The molecule has 2 N–H and O–H groups in total. The number of nitrogens with zero attached hydrogens (tertiary/aromatic N) is 2. The van der Waals surface area contributed by atoms with Crippen molar-refractivity contribution in [1.82, 2.24) is 15.5 Å². The van der Waals surface area contributed by atoms with Gasteiger partial charge in [-0.3, -0.25) is 4.72 Å². The summed E-state index contributed by atoms with van der Waals surface area (Å²) in [5.74, 6) is 0. The smallest absolute Gasteiger partial charge is 0.264 e. The molecule has 0 fully saturated rings. The quantitative estimate of drug-likeness (QED) is 0.834. The molecule has 1 heterocycles. The average Bonchev–Trinajstić information content (AvgIpc) is 2.74. The zero-order valence-electron chi connectivity index (χ0n) is 10.8. The Kier molecular flexibility index (Phi) is 4.74. The monoisotopic (exact) mass is 376 g/mol. The highest BCUT2D eigenvalue weighted by Crippen LogP contribution is 2.26. The molecule has 2 rings (SSSR count). The molecule has 0 radical (unpaired) electrons. The van der Waals surface area contributed by atoms with Gasteiger partial charge in [-0.2, -0.15) is 0 Å². The lowest BCUT2D eigenvalue weighted by atomic mass is 10.2. The maximum Gasteiger partial charge on any atom is 0.264 e. The summed E-state index contributed by atoms with van der Waals surface area (Å²) in [6.45, 7) is 2.43. The Morgan fingerprint density at radius 1 is 1.35 bits per heavy atom. The summed E-state index contributed by atoms with van der Waals surface area (Å²) in [5.41, 5.74) is 0.991. The summed E-state index contributed by atoms with van der Waals surface area (Å²) in [7, 11) is -1.84. The molecule has 20 heavy (non-hydrogen) atoms. The van der Waals surface area contributed by atoms with Crippen LogP contribution in [0.3, 0.4) is 0 Å². The molecule has 1 aromatic carbocycles. The molecule has 0 spiro atoms. The summed E-state index contributed by atoms with van der Waals surface area (Å²) < 4.78 is 27.5. The van der Waals surface area contributed by atoms with Crippen molar-refractivity contribution in [2.75, 3.05) is 11.8 Å². The molecule has 9 heteroatoms. The number of sulfonamides is 1. The molecule has 6 nitrogen and oxygen atoms in total. The van der Waals surface area contributed by atoms with Crippen LogP contribution >= 0.6 is 27.3 Å². The zero-order valence-corrected chi connectivity index (χ0v) is 14.1. The Bertz CT molecular complexity index is 715. The van der Waals surface area contributed by atoms with E-state index in [1.54, 1.807) is 25.1 Å². The highest BCUT2D eigenvalue weighted by molar-refractivity contribution is 9.10. The fourth-order valence-electron chi connectivity index (χ4n) is 1.58. The van der Waals surface area contributed by atoms with Crippen LogP contribution in [0, 0.1) is 6.92 Å². The molecule has 2 aromatic rings. The van der Waals surface area contributed by atoms with E-state index >= 15 is 0 Å². The van der Waals surface area contributed by atoms with Gasteiger partial charge in [-0.05, 0) is 47.6 Å². The molecular weight excluding hydrogens is 364 g/mol. The van der Waals surface area contributed by atoms with Gasteiger partial charge >= 0.3 is 0 Å². The van der Waals surface area contributed by atoms with Crippen LogP contribution in [-0.4, -0.2) is 25.7 Å². The highest BCUT2D eigenvalue weighted by Gasteiger charge is 2.19. The molecule has 0 unspecified atom stereocenters. The van der Waals surface area contributed by atoms with E-state index in [0.29, 0.717) is 16.0 Å². The highest BCUT2D eigenvalue weighted by atomic mass is 79.9. The van der Waals surface area contributed by atoms with Crippen LogP contribution in [0.25, 0.3) is 0 Å². The molecule has 0 bridgehead atoms. The van der Waals surface area contributed by atoms with Crippen molar-refractivity contribution in [2.24, 2.45) is 0 Å². The standard InChI is InChI=1S/C11H13BrN4O2S2/c1-7-14-15-11(19-7)16-20(17,18)10-4-3-8(6-13-2)5-9(10)12/h3-5,13H,6H2,1-2H3,(H,15,16). The molecule has 108 valence electrons. The van der Waals surface area contributed by atoms with Gasteiger partial charge in [-0.15, -0.1) is 10.2 Å². The first kappa shape index (κ1) is 15.4. The first-order valence-electron chi connectivity index (χ1n) is 5.68. The van der Waals surface area contributed by atoms with Crippen molar-refractivity contribution in [1.29, 1.82) is 0 Å². The van der Waals surface area contributed by atoms with E-state index in [2.05, 4.69) is 36.2 Å². The van der Waals surface area contributed by atoms with Crippen molar-refractivity contribution >= 4 is 42.4 Å². The van der Waals surface area contributed by atoms with Crippen LogP contribution in [0.1, 0.15) is 10.6 Å². The van der Waals surface area contributed by atoms with Crippen molar-refractivity contribution in [3.8, 4) is 0 Å². The number of halogens is 1.